The predicted octanol–water partition coefficient (Wildman–Crippen LogP) is 11.3. The summed E-state index contributed by atoms with van der Waals surface area (Å²) in [6.07, 6.45) is 45.3. The Kier molecular flexibility index (Phi) is 35.9. The van der Waals surface area contributed by atoms with Crippen molar-refractivity contribution < 1.29 is 43.0 Å². The molecule has 0 fully saturated rings. The monoisotopic (exact) mass is 764 g/mol. The number of aliphatic hydroxyl groups excluding tert-OH is 1. The van der Waals surface area contributed by atoms with E-state index in [9.17, 15) is 19.3 Å². The van der Waals surface area contributed by atoms with Crippen LogP contribution in [0.4, 0.5) is 0 Å². The Balaban J connectivity index is 4.09. The molecule has 0 saturated heterocycles. The van der Waals surface area contributed by atoms with Crippen LogP contribution in [0.1, 0.15) is 162 Å². The Morgan fingerprint density at radius 3 is 1.60 bits per heavy atom. The molecule has 0 amide bonds. The predicted molar refractivity (Wildman–Crippen MR) is 217 cm³/mol. The van der Waals surface area contributed by atoms with Crippen molar-refractivity contribution in [2.75, 3.05) is 13.2 Å². The number of esters is 2. The molecule has 0 spiro atoms. The van der Waals surface area contributed by atoms with E-state index in [-0.39, 0.29) is 25.6 Å². The molecular weight excluding hydrogens is 691 g/mol. The minimum absolute atomic E-state index is 0.169. The molecule has 0 aliphatic rings. The number of rotatable bonds is 36. The lowest BCUT2D eigenvalue weighted by molar-refractivity contribution is -0.161. The third-order valence-electron chi connectivity index (χ3n) is 8.27. The number of hydrogen-bond donors (Lipinski definition) is 3. The van der Waals surface area contributed by atoms with E-state index in [0.29, 0.717) is 19.3 Å². The largest absolute Gasteiger partial charge is 0.469 e. The highest BCUT2D eigenvalue weighted by Crippen LogP contribution is 2.36. The fraction of sp³-hybridized carbons (Fsp3) is 0.674. The molecule has 0 heterocycles. The van der Waals surface area contributed by atoms with Crippen LogP contribution < -0.4 is 0 Å². The van der Waals surface area contributed by atoms with Crippen molar-refractivity contribution in [1.82, 2.24) is 0 Å². The van der Waals surface area contributed by atoms with Crippen LogP contribution in [0.3, 0.4) is 0 Å². The number of carbonyl (C=O) groups excluding carboxylic acids is 2. The molecule has 53 heavy (non-hydrogen) atoms. The standard InChI is InChI=1S/C43H73O9P/c1-3-5-7-8-9-10-11-12-13-14-15-16-21-24-27-30-33-37-43(46)52-41(39-51-53(47,48)49)38-50-42(45)36-32-29-26-23-20-18-17-19-22-25-28-31-35-40(44)34-6-4-2/h9-10,12-13,17-18,22-23,25-26,31,35,40-41,44H,3-8,11,14-16,19-21,24,27-30,32-34,36-39H2,1-2H3,(H2,47,48,49)/b10-9-,13-12-,18-17-,25-22-,26-23-,35-31-/t40-,41+/m0/s1. The summed E-state index contributed by atoms with van der Waals surface area (Å²) in [4.78, 5) is 42.8. The van der Waals surface area contributed by atoms with Gasteiger partial charge in [-0.1, -0.05) is 145 Å². The number of allylic oxidation sites excluding steroid dienone is 11. The highest BCUT2D eigenvalue weighted by atomic mass is 31.2. The molecule has 0 rings (SSSR count). The molecule has 0 saturated carbocycles. The Morgan fingerprint density at radius 1 is 0.566 bits per heavy atom. The first-order chi connectivity index (χ1) is 25.7. The topological polar surface area (TPSA) is 140 Å². The zero-order valence-corrected chi connectivity index (χ0v) is 33.9. The number of hydrogen-bond acceptors (Lipinski definition) is 7. The quantitative estimate of drug-likeness (QED) is 0.0246. The van der Waals surface area contributed by atoms with Crippen LogP contribution in [-0.2, 0) is 28.2 Å². The first-order valence-corrected chi connectivity index (χ1v) is 21.9. The molecule has 304 valence electrons. The molecule has 0 radical (unpaired) electrons. The van der Waals surface area contributed by atoms with E-state index in [1.165, 1.54) is 44.9 Å². The van der Waals surface area contributed by atoms with E-state index in [2.05, 4.69) is 67.0 Å². The second kappa shape index (κ2) is 37.8. The average molecular weight is 765 g/mol. The highest BCUT2D eigenvalue weighted by molar-refractivity contribution is 7.46. The van der Waals surface area contributed by atoms with E-state index in [1.54, 1.807) is 0 Å². The van der Waals surface area contributed by atoms with Gasteiger partial charge in [0.15, 0.2) is 6.10 Å². The minimum Gasteiger partial charge on any atom is -0.462 e. The van der Waals surface area contributed by atoms with Crippen LogP contribution in [0.25, 0.3) is 0 Å². The molecule has 10 heteroatoms. The van der Waals surface area contributed by atoms with E-state index >= 15 is 0 Å². The Morgan fingerprint density at radius 2 is 1.04 bits per heavy atom. The van der Waals surface area contributed by atoms with Crippen LogP contribution in [0.15, 0.2) is 72.9 Å². The smallest absolute Gasteiger partial charge is 0.462 e. The van der Waals surface area contributed by atoms with E-state index in [0.717, 1.165) is 70.6 Å². The summed E-state index contributed by atoms with van der Waals surface area (Å²) in [6, 6.07) is 0. The second-order valence-electron chi connectivity index (χ2n) is 13.4. The number of unbranched alkanes of at least 4 members (excludes halogenated alkanes) is 12. The van der Waals surface area contributed by atoms with Gasteiger partial charge in [0.25, 0.3) is 0 Å². The Bertz CT molecular complexity index is 1100. The molecule has 3 N–H and O–H groups in total. The van der Waals surface area contributed by atoms with Crippen molar-refractivity contribution in [3.63, 3.8) is 0 Å². The third-order valence-corrected chi connectivity index (χ3v) is 8.75. The van der Waals surface area contributed by atoms with Crippen molar-refractivity contribution in [3.8, 4) is 0 Å². The summed E-state index contributed by atoms with van der Waals surface area (Å²) in [7, 11) is -4.78. The van der Waals surface area contributed by atoms with Gasteiger partial charge in [-0.2, -0.15) is 0 Å². The van der Waals surface area contributed by atoms with E-state index in [1.807, 2.05) is 24.3 Å². The van der Waals surface area contributed by atoms with Gasteiger partial charge >= 0.3 is 19.8 Å². The number of aliphatic hydroxyl groups is 1. The lowest BCUT2D eigenvalue weighted by Crippen LogP contribution is -2.29. The van der Waals surface area contributed by atoms with Gasteiger partial charge in [0.2, 0.25) is 0 Å². The molecule has 0 aromatic rings. The first-order valence-electron chi connectivity index (χ1n) is 20.3. The van der Waals surface area contributed by atoms with E-state index < -0.39 is 32.5 Å². The molecule has 0 aliphatic heterocycles. The Hall–Kier alpha value is -2.55. The van der Waals surface area contributed by atoms with Gasteiger partial charge in [-0.05, 0) is 77.0 Å². The van der Waals surface area contributed by atoms with Crippen molar-refractivity contribution in [2.24, 2.45) is 0 Å². The van der Waals surface area contributed by atoms with Crippen LogP contribution >= 0.6 is 7.82 Å². The first kappa shape index (κ1) is 50.5. The number of carbonyl (C=O) groups is 2. The summed E-state index contributed by atoms with van der Waals surface area (Å²) in [5.41, 5.74) is 0. The molecule has 2 atom stereocenters. The van der Waals surface area contributed by atoms with Crippen molar-refractivity contribution >= 4 is 19.8 Å². The lowest BCUT2D eigenvalue weighted by atomic mass is 10.1. The lowest BCUT2D eigenvalue weighted by Gasteiger charge is -2.18. The highest BCUT2D eigenvalue weighted by Gasteiger charge is 2.22. The molecule has 0 aliphatic carbocycles. The van der Waals surface area contributed by atoms with Gasteiger partial charge in [-0.15, -0.1) is 0 Å². The zero-order chi connectivity index (χ0) is 39.1. The fourth-order valence-corrected chi connectivity index (χ4v) is 5.54. The number of ether oxygens (including phenoxy) is 2. The Labute approximate surface area is 322 Å². The maximum Gasteiger partial charge on any atom is 0.469 e. The van der Waals surface area contributed by atoms with Gasteiger partial charge in [-0.25, -0.2) is 4.57 Å². The average Bonchev–Trinajstić information content (AvgIpc) is 3.12. The van der Waals surface area contributed by atoms with Gasteiger partial charge in [0, 0.05) is 12.8 Å². The summed E-state index contributed by atoms with van der Waals surface area (Å²) in [5, 5.41) is 9.78. The summed E-state index contributed by atoms with van der Waals surface area (Å²) >= 11 is 0. The van der Waals surface area contributed by atoms with Crippen molar-refractivity contribution in [2.45, 2.75) is 174 Å². The van der Waals surface area contributed by atoms with Crippen molar-refractivity contribution in [3.05, 3.63) is 72.9 Å². The van der Waals surface area contributed by atoms with E-state index in [4.69, 9.17) is 19.3 Å². The van der Waals surface area contributed by atoms with Gasteiger partial charge in [-0.3, -0.25) is 14.1 Å². The normalized spacial score (nSPS) is 13.8. The van der Waals surface area contributed by atoms with Crippen LogP contribution in [0.5, 0.6) is 0 Å². The second-order valence-corrected chi connectivity index (χ2v) is 14.7. The van der Waals surface area contributed by atoms with Crippen molar-refractivity contribution in [1.29, 1.82) is 0 Å². The maximum atomic E-state index is 12.4. The summed E-state index contributed by atoms with van der Waals surface area (Å²) in [6.45, 7) is 3.44. The summed E-state index contributed by atoms with van der Waals surface area (Å²) < 4.78 is 26.3. The maximum absolute atomic E-state index is 12.4. The van der Waals surface area contributed by atoms with Crippen LogP contribution in [0, 0.1) is 0 Å². The molecule has 0 bridgehead atoms. The minimum atomic E-state index is -4.78. The number of phosphoric ester groups is 1. The summed E-state index contributed by atoms with van der Waals surface area (Å²) in [5.74, 6) is -0.988. The molecule has 9 nitrogen and oxygen atoms in total. The molecular formula is C43H73O9P. The van der Waals surface area contributed by atoms with Crippen LogP contribution in [-0.4, -0.2) is 52.3 Å². The molecule has 0 aromatic heterocycles. The molecule has 0 unspecified atom stereocenters. The van der Waals surface area contributed by atoms with Gasteiger partial charge < -0.3 is 24.4 Å². The van der Waals surface area contributed by atoms with Crippen LogP contribution in [0.2, 0.25) is 0 Å². The zero-order valence-electron chi connectivity index (χ0n) is 33.0. The molecule has 0 aromatic carbocycles. The van der Waals surface area contributed by atoms with Gasteiger partial charge in [0.1, 0.15) is 6.61 Å². The third kappa shape index (κ3) is 40.5. The SMILES string of the molecule is CCCCC/C=C\C/C=C\CCCCCCCCCC(=O)O[C@H](COC(=O)CCC/C=C\C/C=C\C/C=C\C/C=C\[C@@H](O)CCCC)COP(=O)(O)O. The fourth-order valence-electron chi connectivity index (χ4n) is 5.18. The van der Waals surface area contributed by atoms with Gasteiger partial charge in [0.05, 0.1) is 12.7 Å². The number of phosphoric acid groups is 1.